The molecule has 2 aromatic carbocycles. The third kappa shape index (κ3) is 3.62. The molecule has 0 bridgehead atoms. The number of nitro benzene ring substituents is 1. The van der Waals surface area contributed by atoms with Gasteiger partial charge in [-0.25, -0.2) is 9.97 Å². The number of fused-ring (bicyclic) bond motifs is 1. The molecule has 0 spiro atoms. The van der Waals surface area contributed by atoms with Crippen molar-refractivity contribution in [2.75, 3.05) is 5.73 Å². The molecule has 0 saturated heterocycles. The Hall–Kier alpha value is -4.45. The number of hydrogen-bond donors (Lipinski definition) is 1. The van der Waals surface area contributed by atoms with E-state index in [1.165, 1.54) is 24.5 Å². The average molecular weight is 414 g/mol. The fourth-order valence-electron chi connectivity index (χ4n) is 3.36. The molecule has 0 amide bonds. The van der Waals surface area contributed by atoms with Crippen LogP contribution in [-0.2, 0) is 0 Å². The highest BCUT2D eigenvalue weighted by molar-refractivity contribution is 6.00. The number of aromatic nitrogens is 3. The molecule has 154 valence electrons. The number of nitro groups is 1. The monoisotopic (exact) mass is 414 g/mol. The van der Waals surface area contributed by atoms with Crippen molar-refractivity contribution in [1.82, 2.24) is 14.5 Å². The van der Waals surface area contributed by atoms with Gasteiger partial charge in [0.15, 0.2) is 0 Å². The molecular formula is C22H18N6O3. The molecule has 2 aromatic heterocycles. The number of benzene rings is 2. The first-order valence-electron chi connectivity index (χ1n) is 9.47. The quantitative estimate of drug-likeness (QED) is 0.365. The zero-order valence-electron chi connectivity index (χ0n) is 16.8. The Morgan fingerprint density at radius 2 is 1.94 bits per heavy atom. The van der Waals surface area contributed by atoms with Gasteiger partial charge in [-0.15, -0.1) is 0 Å². The summed E-state index contributed by atoms with van der Waals surface area (Å²) in [7, 11) is 0. The summed E-state index contributed by atoms with van der Waals surface area (Å²) in [5.74, 6) is 1.14. The van der Waals surface area contributed by atoms with Gasteiger partial charge in [-0.05, 0) is 37.6 Å². The third-order valence-corrected chi connectivity index (χ3v) is 4.88. The second kappa shape index (κ2) is 7.76. The van der Waals surface area contributed by atoms with Crippen molar-refractivity contribution < 1.29 is 9.66 Å². The van der Waals surface area contributed by atoms with E-state index in [1.54, 1.807) is 12.1 Å². The van der Waals surface area contributed by atoms with Crippen LogP contribution in [0.4, 0.5) is 11.5 Å². The number of nitrogens with two attached hydrogens (primary N) is 1. The molecule has 2 N–H and O–H groups in total. The fourth-order valence-corrected chi connectivity index (χ4v) is 3.36. The van der Waals surface area contributed by atoms with Crippen LogP contribution in [0.25, 0.3) is 22.2 Å². The number of ether oxygens (including phenoxy) is 1. The van der Waals surface area contributed by atoms with Crippen LogP contribution in [0, 0.1) is 21.4 Å². The van der Waals surface area contributed by atoms with Gasteiger partial charge < -0.3 is 15.0 Å². The summed E-state index contributed by atoms with van der Waals surface area (Å²) in [5.41, 5.74) is 8.63. The Labute approximate surface area is 177 Å². The zero-order chi connectivity index (χ0) is 22.1. The van der Waals surface area contributed by atoms with Gasteiger partial charge in [0.05, 0.1) is 10.3 Å². The molecule has 0 aliphatic rings. The maximum atomic E-state index is 10.9. The summed E-state index contributed by atoms with van der Waals surface area (Å²) < 4.78 is 7.83. The molecule has 2 heterocycles. The van der Waals surface area contributed by atoms with Crippen LogP contribution < -0.4 is 10.5 Å². The van der Waals surface area contributed by atoms with Gasteiger partial charge in [0.2, 0.25) is 0 Å². The van der Waals surface area contributed by atoms with Gasteiger partial charge in [-0.1, -0.05) is 12.1 Å². The predicted octanol–water partition coefficient (Wildman–Crippen LogP) is 4.83. The lowest BCUT2D eigenvalue weighted by Crippen LogP contribution is -2.00. The van der Waals surface area contributed by atoms with Crippen LogP contribution in [-0.4, -0.2) is 19.5 Å². The van der Waals surface area contributed by atoms with Crippen LogP contribution in [0.5, 0.6) is 11.5 Å². The minimum absolute atomic E-state index is 0.0863. The van der Waals surface area contributed by atoms with E-state index in [0.29, 0.717) is 11.6 Å². The largest absolute Gasteiger partial charge is 0.456 e. The van der Waals surface area contributed by atoms with E-state index < -0.39 is 4.92 Å². The molecule has 0 saturated carbocycles. The van der Waals surface area contributed by atoms with E-state index in [1.807, 2.05) is 29.0 Å². The first-order valence-corrected chi connectivity index (χ1v) is 9.47. The van der Waals surface area contributed by atoms with Crippen molar-refractivity contribution in [3.63, 3.8) is 0 Å². The van der Waals surface area contributed by atoms with E-state index in [4.69, 9.17) is 10.5 Å². The highest BCUT2D eigenvalue weighted by Gasteiger charge is 2.17. The van der Waals surface area contributed by atoms with E-state index in [2.05, 4.69) is 23.8 Å². The number of anilines is 1. The lowest BCUT2D eigenvalue weighted by molar-refractivity contribution is -0.384. The summed E-state index contributed by atoms with van der Waals surface area (Å²) in [6.07, 6.45) is 3.45. The molecule has 9 heteroatoms. The molecule has 0 unspecified atom stereocenters. The van der Waals surface area contributed by atoms with Crippen LogP contribution in [0.1, 0.15) is 25.5 Å². The standard InChI is InChI=1S/C22H18N6O3/c1-13(2)27-11-18(20-21(24)25-12-26-22(20)27)14-3-6-17(7-4-14)31-19-8-5-16(28(29)30)9-15(19)10-23/h3-9,11-13H,1-2H3,(H2,24,25,26). The SMILES string of the molecule is CC(C)n1cc(-c2ccc(Oc3ccc([N+](=O)[O-])cc3C#N)cc2)c2c(N)ncnc21. The summed E-state index contributed by atoms with van der Waals surface area (Å²) in [4.78, 5) is 18.9. The Morgan fingerprint density at radius 3 is 2.58 bits per heavy atom. The molecule has 0 aliphatic heterocycles. The summed E-state index contributed by atoms with van der Waals surface area (Å²) in [6, 6.07) is 13.3. The van der Waals surface area contributed by atoms with Crippen molar-refractivity contribution in [1.29, 1.82) is 5.26 Å². The number of rotatable bonds is 5. The number of non-ortho nitro benzene ring substituents is 1. The van der Waals surface area contributed by atoms with Gasteiger partial charge in [0.1, 0.15) is 40.9 Å². The van der Waals surface area contributed by atoms with Gasteiger partial charge >= 0.3 is 0 Å². The Balaban J connectivity index is 1.69. The van der Waals surface area contributed by atoms with E-state index in [-0.39, 0.29) is 23.0 Å². The number of nitrogens with zero attached hydrogens (tertiary/aromatic N) is 5. The maximum absolute atomic E-state index is 10.9. The Kier molecular flexibility index (Phi) is 4.97. The van der Waals surface area contributed by atoms with Gasteiger partial charge in [-0.2, -0.15) is 5.26 Å². The Morgan fingerprint density at radius 1 is 1.19 bits per heavy atom. The van der Waals surface area contributed by atoms with Crippen LogP contribution >= 0.6 is 0 Å². The molecule has 0 atom stereocenters. The third-order valence-electron chi connectivity index (χ3n) is 4.88. The highest BCUT2D eigenvalue weighted by atomic mass is 16.6. The molecule has 0 aliphatic carbocycles. The molecule has 4 rings (SSSR count). The maximum Gasteiger partial charge on any atom is 0.271 e. The van der Waals surface area contributed by atoms with Crippen LogP contribution in [0.3, 0.4) is 0 Å². The van der Waals surface area contributed by atoms with Gasteiger partial charge in [-0.3, -0.25) is 10.1 Å². The predicted molar refractivity (Wildman–Crippen MR) is 116 cm³/mol. The first-order chi connectivity index (χ1) is 14.9. The number of nitrogen functional groups attached to an aromatic ring is 1. The van der Waals surface area contributed by atoms with Crippen molar-refractivity contribution in [2.24, 2.45) is 0 Å². The second-order valence-electron chi connectivity index (χ2n) is 7.18. The molecule has 4 aromatic rings. The Bertz CT molecular complexity index is 1340. The minimum atomic E-state index is -0.553. The van der Waals surface area contributed by atoms with Gasteiger partial charge in [0, 0.05) is 29.9 Å². The van der Waals surface area contributed by atoms with Crippen molar-refractivity contribution >= 4 is 22.5 Å². The molecular weight excluding hydrogens is 396 g/mol. The minimum Gasteiger partial charge on any atom is -0.456 e. The lowest BCUT2D eigenvalue weighted by atomic mass is 10.1. The normalized spacial score (nSPS) is 10.9. The van der Waals surface area contributed by atoms with Crippen molar-refractivity contribution in [2.45, 2.75) is 19.9 Å². The van der Waals surface area contributed by atoms with E-state index >= 15 is 0 Å². The fraction of sp³-hybridized carbons (Fsp3) is 0.136. The molecule has 0 radical (unpaired) electrons. The molecule has 31 heavy (non-hydrogen) atoms. The average Bonchev–Trinajstić information content (AvgIpc) is 3.16. The van der Waals surface area contributed by atoms with E-state index in [0.717, 1.165) is 22.2 Å². The summed E-state index contributed by atoms with van der Waals surface area (Å²) in [5, 5.41) is 21.0. The first kappa shape index (κ1) is 19.8. The number of nitriles is 1. The summed E-state index contributed by atoms with van der Waals surface area (Å²) >= 11 is 0. The van der Waals surface area contributed by atoms with Crippen LogP contribution in [0.15, 0.2) is 55.0 Å². The second-order valence-corrected chi connectivity index (χ2v) is 7.18. The number of hydrogen-bond acceptors (Lipinski definition) is 7. The van der Waals surface area contributed by atoms with E-state index in [9.17, 15) is 15.4 Å². The smallest absolute Gasteiger partial charge is 0.271 e. The van der Waals surface area contributed by atoms with Crippen molar-refractivity contribution in [3.8, 4) is 28.7 Å². The topological polar surface area (TPSA) is 133 Å². The summed E-state index contributed by atoms with van der Waals surface area (Å²) in [6.45, 7) is 4.13. The highest BCUT2D eigenvalue weighted by Crippen LogP contribution is 2.35. The van der Waals surface area contributed by atoms with Crippen LogP contribution in [0.2, 0.25) is 0 Å². The van der Waals surface area contributed by atoms with Crippen molar-refractivity contribution in [3.05, 3.63) is 70.7 Å². The zero-order valence-corrected chi connectivity index (χ0v) is 16.8. The lowest BCUT2D eigenvalue weighted by Gasteiger charge is -2.08. The van der Waals surface area contributed by atoms with Gasteiger partial charge in [0.25, 0.3) is 5.69 Å². The molecule has 9 nitrogen and oxygen atoms in total. The molecule has 0 fully saturated rings.